The zero-order valence-electron chi connectivity index (χ0n) is 37.4. The van der Waals surface area contributed by atoms with Crippen molar-refractivity contribution in [3.63, 3.8) is 0 Å². The number of ether oxygens (including phenoxy) is 4. The van der Waals surface area contributed by atoms with Gasteiger partial charge in [0, 0.05) is 37.7 Å². The largest absolute Gasteiger partial charge is 0.459 e. The van der Waals surface area contributed by atoms with Gasteiger partial charge in [0.1, 0.15) is 24.1 Å². The maximum absolute atomic E-state index is 14.9. The molecule has 3 N–H and O–H groups in total. The Hall–Kier alpha value is -5.95. The molecule has 4 aromatic carbocycles. The second kappa shape index (κ2) is 22.8. The zero-order valence-corrected chi connectivity index (χ0v) is 37.4. The summed E-state index contributed by atoms with van der Waals surface area (Å²) in [7, 11) is 0. The zero-order chi connectivity index (χ0) is 45.6. The third-order valence-corrected chi connectivity index (χ3v) is 12.8. The fourth-order valence-corrected chi connectivity index (χ4v) is 9.99. The van der Waals surface area contributed by atoms with Crippen molar-refractivity contribution in [3.05, 3.63) is 145 Å². The molecule has 0 aromatic heterocycles. The van der Waals surface area contributed by atoms with E-state index in [4.69, 9.17) is 28.9 Å². The quantitative estimate of drug-likeness (QED) is 0.0399. The molecule has 344 valence electrons. The number of nitrogens with zero attached hydrogens (tertiary/aromatic N) is 2. The molecule has 3 aliphatic rings. The van der Waals surface area contributed by atoms with Crippen LogP contribution in [0.1, 0.15) is 80.9 Å². The van der Waals surface area contributed by atoms with Crippen LogP contribution in [0.5, 0.6) is 11.5 Å². The molecule has 12 heteroatoms. The van der Waals surface area contributed by atoms with Gasteiger partial charge in [-0.05, 0) is 96.5 Å². The minimum atomic E-state index is -1.52. The lowest BCUT2D eigenvalue weighted by Crippen LogP contribution is -2.70. The summed E-state index contributed by atoms with van der Waals surface area (Å²) in [4.78, 5) is 35.8. The Kier molecular flexibility index (Phi) is 16.5. The smallest absolute Gasteiger partial charge is 0.412 e. The average molecular weight is 886 g/mol. The summed E-state index contributed by atoms with van der Waals surface area (Å²) in [5.74, 6) is -1.54. The summed E-state index contributed by atoms with van der Waals surface area (Å²) in [6, 6.07) is 28.6. The van der Waals surface area contributed by atoms with Gasteiger partial charge in [-0.25, -0.2) is 9.59 Å². The molecule has 1 fully saturated rings. The first-order chi connectivity index (χ1) is 31.8. The molecule has 65 heavy (non-hydrogen) atoms. The van der Waals surface area contributed by atoms with Crippen LogP contribution in [0.15, 0.2) is 133 Å². The SMILES string of the molecule is C=CCCOC(=O)N(Cc1cccc2ccccc12)[C@H]1CC(=NOCc2ccccc2)C2=C[C@H](CCCCO)[C@@H](CCCCO)[C@@H]3c4cc(OC(=O)NCC)ccc4O[C@@]1(OCC=C)[C@H]23. The van der Waals surface area contributed by atoms with E-state index in [0.717, 1.165) is 58.7 Å². The number of unbranched alkanes of at least 4 members (excludes halogenated alkanes) is 2. The third-order valence-electron chi connectivity index (χ3n) is 12.8. The second-order valence-electron chi connectivity index (χ2n) is 16.9. The van der Waals surface area contributed by atoms with Crippen molar-refractivity contribution in [1.29, 1.82) is 0 Å². The predicted octanol–water partition coefficient (Wildman–Crippen LogP) is 10.00. The van der Waals surface area contributed by atoms with E-state index in [-0.39, 0.29) is 63.8 Å². The van der Waals surface area contributed by atoms with Gasteiger partial charge >= 0.3 is 12.2 Å². The van der Waals surface area contributed by atoms with E-state index in [0.29, 0.717) is 43.0 Å². The first-order valence-corrected chi connectivity index (χ1v) is 23.1. The van der Waals surface area contributed by atoms with E-state index in [1.807, 2.05) is 73.7 Å². The van der Waals surface area contributed by atoms with Gasteiger partial charge in [0.2, 0.25) is 5.79 Å². The summed E-state index contributed by atoms with van der Waals surface area (Å²) in [6.45, 7) is 10.9. The highest BCUT2D eigenvalue weighted by molar-refractivity contribution is 6.03. The maximum Gasteiger partial charge on any atom is 0.412 e. The van der Waals surface area contributed by atoms with E-state index < -0.39 is 29.9 Å². The highest BCUT2D eigenvalue weighted by Gasteiger charge is 2.65. The van der Waals surface area contributed by atoms with E-state index in [1.54, 1.807) is 23.1 Å². The van der Waals surface area contributed by atoms with Gasteiger partial charge in [-0.3, -0.25) is 4.90 Å². The van der Waals surface area contributed by atoms with Crippen LogP contribution in [0.3, 0.4) is 0 Å². The van der Waals surface area contributed by atoms with Gasteiger partial charge in [0.15, 0.2) is 0 Å². The molecule has 0 radical (unpaired) electrons. The lowest BCUT2D eigenvalue weighted by molar-refractivity contribution is -0.256. The number of amides is 2. The first-order valence-electron chi connectivity index (χ1n) is 23.1. The van der Waals surface area contributed by atoms with Crippen LogP contribution < -0.4 is 14.8 Å². The molecule has 0 unspecified atom stereocenters. The number of hydrogen-bond acceptors (Lipinski definition) is 10. The predicted molar refractivity (Wildman–Crippen MR) is 252 cm³/mol. The van der Waals surface area contributed by atoms with Crippen LogP contribution in [0.4, 0.5) is 9.59 Å². The molecule has 4 aromatic rings. The Morgan fingerprint density at radius 2 is 1.71 bits per heavy atom. The van der Waals surface area contributed by atoms with Gasteiger partial charge in [0.25, 0.3) is 0 Å². The van der Waals surface area contributed by atoms with Gasteiger partial charge in [-0.15, -0.1) is 13.2 Å². The Balaban J connectivity index is 1.47. The van der Waals surface area contributed by atoms with Crippen molar-refractivity contribution in [1.82, 2.24) is 10.2 Å². The minimum absolute atomic E-state index is 0.0130. The van der Waals surface area contributed by atoms with Crippen LogP contribution in [-0.4, -0.2) is 77.8 Å². The molecule has 1 aliphatic heterocycles. The Bertz CT molecular complexity index is 2310. The molecule has 1 saturated carbocycles. The normalized spacial score (nSPS) is 22.4. The number of fused-ring (bicyclic) bond motifs is 3. The van der Waals surface area contributed by atoms with Crippen LogP contribution in [-0.2, 0) is 27.5 Å². The fourth-order valence-electron chi connectivity index (χ4n) is 9.99. The standard InChI is InChI=1S/C53H63N3O9/c1-4-7-31-61-52(60)56(35-40-23-17-22-38-20-11-12-24-42(38)40)48-34-46(55-63-36-37-18-9-8-10-19-37)44-32-39(21-13-15-28-57)43(25-14-16-29-58)49-45-33-41(64-51(59)54-6-3)26-27-47(45)65-53(48,50(44)49)62-30-5-2/h4-5,8-12,17-20,22-24,26-27,32-33,39,43,48-50,57-58H,1-2,6-7,13-16,21,25,28-31,34-36H2,3H3,(H,54,59)/t39-,43+,48-,49+,50+,53+/m0/s1. The fraction of sp³-hybridized carbons (Fsp3) is 0.415. The Morgan fingerprint density at radius 1 is 0.938 bits per heavy atom. The molecule has 7 rings (SSSR count). The molecule has 0 bridgehead atoms. The van der Waals surface area contributed by atoms with Crippen LogP contribution in [0.25, 0.3) is 10.8 Å². The number of hydrogen-bond donors (Lipinski definition) is 3. The lowest BCUT2D eigenvalue weighted by atomic mass is 9.55. The van der Waals surface area contributed by atoms with Gasteiger partial charge in [-0.2, -0.15) is 0 Å². The monoisotopic (exact) mass is 885 g/mol. The summed E-state index contributed by atoms with van der Waals surface area (Å²) in [5.41, 5.74) is 4.25. The number of carbonyl (C=O) groups is 2. The molecular weight excluding hydrogens is 823 g/mol. The number of carbonyl (C=O) groups excluding carboxylic acids is 2. The van der Waals surface area contributed by atoms with Crippen LogP contribution >= 0.6 is 0 Å². The third kappa shape index (κ3) is 10.8. The average Bonchev–Trinajstić information content (AvgIpc) is 3.32. The molecule has 0 spiro atoms. The van der Waals surface area contributed by atoms with Crippen molar-refractivity contribution < 1.29 is 43.6 Å². The van der Waals surface area contributed by atoms with Crippen molar-refractivity contribution in [2.24, 2.45) is 22.9 Å². The summed E-state index contributed by atoms with van der Waals surface area (Å²) >= 11 is 0. The van der Waals surface area contributed by atoms with Gasteiger partial charge in [-0.1, -0.05) is 109 Å². The molecule has 0 saturated heterocycles. The van der Waals surface area contributed by atoms with E-state index in [9.17, 15) is 19.8 Å². The van der Waals surface area contributed by atoms with Crippen molar-refractivity contribution in [3.8, 4) is 11.5 Å². The Morgan fingerprint density at radius 3 is 2.48 bits per heavy atom. The number of oxime groups is 1. The van der Waals surface area contributed by atoms with Gasteiger partial charge < -0.3 is 39.3 Å². The Labute approximate surface area is 382 Å². The molecular formula is C53H63N3O9. The maximum atomic E-state index is 14.9. The number of nitrogens with one attached hydrogen (secondary N) is 1. The van der Waals surface area contributed by atoms with E-state index in [1.165, 1.54) is 0 Å². The summed E-state index contributed by atoms with van der Waals surface area (Å²) in [6.07, 6.45) is 9.59. The first kappa shape index (κ1) is 47.0. The topological polar surface area (TPSA) is 148 Å². The van der Waals surface area contributed by atoms with E-state index >= 15 is 0 Å². The molecule has 2 amide bonds. The van der Waals surface area contributed by atoms with Gasteiger partial charge in [0.05, 0.1) is 31.4 Å². The number of benzene rings is 4. The van der Waals surface area contributed by atoms with E-state index in [2.05, 4.69) is 42.7 Å². The highest BCUT2D eigenvalue weighted by atomic mass is 16.7. The van der Waals surface area contributed by atoms with Crippen LogP contribution in [0, 0.1) is 17.8 Å². The summed E-state index contributed by atoms with van der Waals surface area (Å²) in [5, 5.41) is 29.7. The second-order valence-corrected chi connectivity index (χ2v) is 16.9. The van der Waals surface area contributed by atoms with Crippen molar-refractivity contribution in [2.75, 3.05) is 33.0 Å². The van der Waals surface area contributed by atoms with Crippen LogP contribution in [0.2, 0.25) is 0 Å². The van der Waals surface area contributed by atoms with Crippen molar-refractivity contribution in [2.45, 2.75) is 89.2 Å². The van der Waals surface area contributed by atoms with Crippen molar-refractivity contribution >= 4 is 28.7 Å². The minimum Gasteiger partial charge on any atom is -0.459 e. The number of rotatable bonds is 22. The highest BCUT2D eigenvalue weighted by Crippen LogP contribution is 2.62. The molecule has 6 atom stereocenters. The molecule has 2 aliphatic carbocycles. The lowest BCUT2D eigenvalue weighted by Gasteiger charge is -2.59. The number of aliphatic hydroxyl groups excluding tert-OH is 2. The number of aliphatic hydroxyl groups is 2. The molecule has 1 heterocycles. The molecule has 12 nitrogen and oxygen atoms in total. The number of allylic oxidation sites excluding steroid dienone is 1. The summed E-state index contributed by atoms with van der Waals surface area (Å²) < 4.78 is 26.5.